The van der Waals surface area contributed by atoms with Crippen LogP contribution in [0.5, 0.6) is 5.75 Å². The Morgan fingerprint density at radius 3 is 2.54 bits per heavy atom. The first-order valence-electron chi connectivity index (χ1n) is 4.43. The van der Waals surface area contributed by atoms with Crippen molar-refractivity contribution in [2.45, 2.75) is 20.3 Å². The molecule has 13 heavy (non-hydrogen) atoms. The van der Waals surface area contributed by atoms with Gasteiger partial charge in [0, 0.05) is 7.11 Å². The summed E-state index contributed by atoms with van der Waals surface area (Å²) in [6.45, 7) is 4.69. The van der Waals surface area contributed by atoms with Crippen LogP contribution in [0.3, 0.4) is 0 Å². The van der Waals surface area contributed by atoms with Gasteiger partial charge in [-0.05, 0) is 43.0 Å². The van der Waals surface area contributed by atoms with Crippen molar-refractivity contribution in [3.8, 4) is 5.75 Å². The maximum Gasteiger partial charge on any atom is 0.118 e. The van der Waals surface area contributed by atoms with Crippen LogP contribution in [0, 0.1) is 13.8 Å². The van der Waals surface area contributed by atoms with E-state index in [9.17, 15) is 5.11 Å². The van der Waals surface area contributed by atoms with Gasteiger partial charge in [-0.1, -0.05) is 6.07 Å². The second-order valence-corrected chi connectivity index (χ2v) is 3.24. The number of phenolic OH excluding ortho intramolecular Hbond substituents is 1. The first-order valence-corrected chi connectivity index (χ1v) is 4.43. The van der Waals surface area contributed by atoms with Crippen LogP contribution < -0.4 is 0 Å². The van der Waals surface area contributed by atoms with Crippen molar-refractivity contribution >= 4 is 0 Å². The predicted molar refractivity (Wildman–Crippen MR) is 53.2 cm³/mol. The van der Waals surface area contributed by atoms with E-state index in [0.29, 0.717) is 5.75 Å². The van der Waals surface area contributed by atoms with E-state index in [2.05, 4.69) is 0 Å². The van der Waals surface area contributed by atoms with Gasteiger partial charge in [-0.2, -0.15) is 0 Å². The fourth-order valence-corrected chi connectivity index (χ4v) is 1.35. The van der Waals surface area contributed by atoms with Gasteiger partial charge in [0.2, 0.25) is 0 Å². The van der Waals surface area contributed by atoms with E-state index in [1.54, 1.807) is 13.2 Å². The molecule has 1 aromatic rings. The molecule has 0 heterocycles. The number of methoxy groups -OCH3 is 1. The Bertz CT molecular complexity index is 292. The molecule has 0 aromatic heterocycles. The normalized spacial score (nSPS) is 10.4. The highest BCUT2D eigenvalue weighted by atomic mass is 16.5. The van der Waals surface area contributed by atoms with Crippen LogP contribution in [0.4, 0.5) is 0 Å². The van der Waals surface area contributed by atoms with E-state index in [1.807, 2.05) is 19.9 Å². The summed E-state index contributed by atoms with van der Waals surface area (Å²) in [6, 6.07) is 3.70. The van der Waals surface area contributed by atoms with Gasteiger partial charge in [-0.25, -0.2) is 0 Å². The fourth-order valence-electron chi connectivity index (χ4n) is 1.35. The van der Waals surface area contributed by atoms with Crippen molar-refractivity contribution in [1.82, 2.24) is 0 Å². The summed E-state index contributed by atoms with van der Waals surface area (Å²) in [6.07, 6.45) is 0.906. The molecular formula is C11H16O2. The number of phenols is 1. The summed E-state index contributed by atoms with van der Waals surface area (Å²) >= 11 is 0. The quantitative estimate of drug-likeness (QED) is 0.772. The van der Waals surface area contributed by atoms with E-state index in [0.717, 1.165) is 24.2 Å². The zero-order chi connectivity index (χ0) is 9.84. The largest absolute Gasteiger partial charge is 0.508 e. The molecule has 0 fully saturated rings. The van der Waals surface area contributed by atoms with E-state index < -0.39 is 0 Å². The summed E-state index contributed by atoms with van der Waals surface area (Å²) in [5, 5.41) is 9.42. The van der Waals surface area contributed by atoms with Gasteiger partial charge in [0.1, 0.15) is 5.75 Å². The average molecular weight is 180 g/mol. The van der Waals surface area contributed by atoms with Crippen molar-refractivity contribution in [2.24, 2.45) is 0 Å². The first-order chi connectivity index (χ1) is 6.16. The molecule has 1 N–H and O–H groups in total. The zero-order valence-corrected chi connectivity index (χ0v) is 8.42. The molecular weight excluding hydrogens is 164 g/mol. The predicted octanol–water partition coefficient (Wildman–Crippen LogP) is 2.20. The SMILES string of the molecule is COCCc1ccc(O)c(C)c1C. The van der Waals surface area contributed by atoms with Crippen LogP contribution in [-0.4, -0.2) is 18.8 Å². The van der Waals surface area contributed by atoms with Crippen molar-refractivity contribution in [3.05, 3.63) is 28.8 Å². The maximum absolute atomic E-state index is 9.42. The smallest absolute Gasteiger partial charge is 0.118 e. The third kappa shape index (κ3) is 2.22. The molecule has 0 atom stereocenters. The van der Waals surface area contributed by atoms with Crippen molar-refractivity contribution < 1.29 is 9.84 Å². The summed E-state index contributed by atoms with van der Waals surface area (Å²) in [5.41, 5.74) is 3.38. The number of rotatable bonds is 3. The number of benzene rings is 1. The lowest BCUT2D eigenvalue weighted by Gasteiger charge is -2.09. The highest BCUT2D eigenvalue weighted by Gasteiger charge is 2.04. The van der Waals surface area contributed by atoms with Crippen molar-refractivity contribution in [1.29, 1.82) is 0 Å². The van der Waals surface area contributed by atoms with Crippen molar-refractivity contribution in [3.63, 3.8) is 0 Å². The second kappa shape index (κ2) is 4.28. The lowest BCUT2D eigenvalue weighted by Crippen LogP contribution is -1.98. The van der Waals surface area contributed by atoms with Crippen molar-refractivity contribution in [2.75, 3.05) is 13.7 Å². The maximum atomic E-state index is 9.42. The van der Waals surface area contributed by atoms with E-state index in [1.165, 1.54) is 5.56 Å². The highest BCUT2D eigenvalue weighted by Crippen LogP contribution is 2.22. The highest BCUT2D eigenvalue weighted by molar-refractivity contribution is 5.42. The lowest BCUT2D eigenvalue weighted by atomic mass is 10.0. The zero-order valence-electron chi connectivity index (χ0n) is 8.42. The monoisotopic (exact) mass is 180 g/mol. The third-order valence-electron chi connectivity index (χ3n) is 2.45. The molecule has 0 bridgehead atoms. The van der Waals surface area contributed by atoms with E-state index >= 15 is 0 Å². The minimum atomic E-state index is 0.374. The molecule has 0 amide bonds. The molecule has 0 radical (unpaired) electrons. The summed E-state index contributed by atoms with van der Waals surface area (Å²) < 4.78 is 5.01. The molecule has 0 saturated heterocycles. The summed E-state index contributed by atoms with van der Waals surface area (Å²) in [5.74, 6) is 0.374. The molecule has 72 valence electrons. The molecule has 0 aliphatic carbocycles. The van der Waals surface area contributed by atoms with Crippen LogP contribution in [-0.2, 0) is 11.2 Å². The number of hydrogen-bond donors (Lipinski definition) is 1. The Kier molecular flexibility index (Phi) is 3.32. The van der Waals surface area contributed by atoms with Gasteiger partial charge in [-0.3, -0.25) is 0 Å². The average Bonchev–Trinajstić information content (AvgIpc) is 2.13. The number of aromatic hydroxyl groups is 1. The van der Waals surface area contributed by atoms with Crippen LogP contribution in [0.1, 0.15) is 16.7 Å². The van der Waals surface area contributed by atoms with E-state index in [-0.39, 0.29) is 0 Å². The Labute approximate surface area is 79.2 Å². The molecule has 0 aliphatic rings. The first kappa shape index (κ1) is 10.1. The van der Waals surface area contributed by atoms with Gasteiger partial charge in [0.25, 0.3) is 0 Å². The molecule has 2 heteroatoms. The van der Waals surface area contributed by atoms with Crippen LogP contribution in [0.25, 0.3) is 0 Å². The Hall–Kier alpha value is -1.02. The topological polar surface area (TPSA) is 29.5 Å². The van der Waals surface area contributed by atoms with Gasteiger partial charge >= 0.3 is 0 Å². The molecule has 1 rings (SSSR count). The molecule has 0 spiro atoms. The molecule has 2 nitrogen and oxygen atoms in total. The molecule has 0 saturated carbocycles. The number of ether oxygens (including phenoxy) is 1. The molecule has 0 unspecified atom stereocenters. The standard InChI is InChI=1S/C11H16O2/c1-8-9(2)11(12)5-4-10(8)6-7-13-3/h4-5,12H,6-7H2,1-3H3. The van der Waals surface area contributed by atoms with Gasteiger partial charge in [-0.15, -0.1) is 0 Å². The van der Waals surface area contributed by atoms with E-state index in [4.69, 9.17) is 4.74 Å². The third-order valence-corrected chi connectivity index (χ3v) is 2.45. The summed E-state index contributed by atoms with van der Waals surface area (Å²) in [7, 11) is 1.70. The second-order valence-electron chi connectivity index (χ2n) is 3.24. The fraction of sp³-hybridized carbons (Fsp3) is 0.455. The van der Waals surface area contributed by atoms with Crippen LogP contribution in [0.15, 0.2) is 12.1 Å². The number of hydrogen-bond acceptors (Lipinski definition) is 2. The minimum Gasteiger partial charge on any atom is -0.508 e. The van der Waals surface area contributed by atoms with Gasteiger partial charge < -0.3 is 9.84 Å². The molecule has 1 aromatic carbocycles. The van der Waals surface area contributed by atoms with Crippen LogP contribution >= 0.6 is 0 Å². The lowest BCUT2D eigenvalue weighted by molar-refractivity contribution is 0.202. The Morgan fingerprint density at radius 1 is 1.23 bits per heavy atom. The molecule has 0 aliphatic heterocycles. The van der Waals surface area contributed by atoms with Gasteiger partial charge in [0.15, 0.2) is 0 Å². The Morgan fingerprint density at radius 2 is 1.92 bits per heavy atom. The Balaban J connectivity index is 2.90. The van der Waals surface area contributed by atoms with Gasteiger partial charge in [0.05, 0.1) is 6.61 Å². The van der Waals surface area contributed by atoms with Crippen LogP contribution in [0.2, 0.25) is 0 Å². The summed E-state index contributed by atoms with van der Waals surface area (Å²) in [4.78, 5) is 0. The minimum absolute atomic E-state index is 0.374.